The Morgan fingerprint density at radius 2 is 1.79 bits per heavy atom. The first-order valence-corrected chi connectivity index (χ1v) is 8.07. The molecule has 2 heterocycles. The lowest BCUT2D eigenvalue weighted by molar-refractivity contribution is -0.134. The number of primary amides is 1. The number of amides is 2. The minimum absolute atomic E-state index is 0. The lowest BCUT2D eigenvalue weighted by Crippen LogP contribution is -2.49. The summed E-state index contributed by atoms with van der Waals surface area (Å²) in [6.45, 7) is 0.00563. The molecule has 2 atom stereocenters. The number of carbonyl (C=O) groups excluding carboxylic acids is 2. The zero-order chi connectivity index (χ0) is 16.4. The Balaban J connectivity index is 0.00000208. The van der Waals surface area contributed by atoms with Crippen LogP contribution in [0.4, 0.5) is 0 Å². The molecule has 2 unspecified atom stereocenters. The molecule has 3 N–H and O–H groups in total. The van der Waals surface area contributed by atoms with Crippen LogP contribution in [0, 0.1) is 0 Å². The van der Waals surface area contributed by atoms with Gasteiger partial charge in [-0.05, 0) is 49.9 Å². The summed E-state index contributed by atoms with van der Waals surface area (Å²) in [4.78, 5) is 25.2. The first kappa shape index (κ1) is 18.5. The fraction of sp³-hybridized carbons (Fsp3) is 0.529. The lowest BCUT2D eigenvalue weighted by atomic mass is 9.98. The number of hydrogen-bond acceptors (Lipinski definition) is 4. The Kier molecular flexibility index (Phi) is 6.07. The fourth-order valence-electron chi connectivity index (χ4n) is 3.51. The number of piperidine rings is 1. The average Bonchev–Trinajstić information content (AvgIpc) is 2.90. The molecule has 0 aliphatic carbocycles. The van der Waals surface area contributed by atoms with E-state index >= 15 is 0 Å². The molecule has 0 aromatic heterocycles. The Morgan fingerprint density at radius 3 is 2.33 bits per heavy atom. The molecule has 1 aromatic rings. The van der Waals surface area contributed by atoms with E-state index in [0.29, 0.717) is 29.4 Å². The van der Waals surface area contributed by atoms with Gasteiger partial charge in [0, 0.05) is 30.7 Å². The summed E-state index contributed by atoms with van der Waals surface area (Å²) in [5.41, 5.74) is 5.61. The largest absolute Gasteiger partial charge is 0.484 e. The third-order valence-corrected chi connectivity index (χ3v) is 4.89. The van der Waals surface area contributed by atoms with Crippen molar-refractivity contribution in [1.29, 1.82) is 0 Å². The van der Waals surface area contributed by atoms with Gasteiger partial charge in [-0.25, -0.2) is 0 Å². The van der Waals surface area contributed by atoms with E-state index in [2.05, 4.69) is 5.32 Å². The monoisotopic (exact) mass is 353 g/mol. The second-order valence-corrected chi connectivity index (χ2v) is 6.45. The Bertz CT molecular complexity index is 581. The first-order valence-electron chi connectivity index (χ1n) is 8.07. The van der Waals surface area contributed by atoms with Crippen molar-refractivity contribution in [2.75, 3.05) is 13.7 Å². The van der Waals surface area contributed by atoms with E-state index in [4.69, 9.17) is 10.5 Å². The van der Waals surface area contributed by atoms with Crippen LogP contribution >= 0.6 is 12.4 Å². The Morgan fingerprint density at radius 1 is 1.21 bits per heavy atom. The molecule has 7 heteroatoms. The number of ether oxygens (including phenoxy) is 1. The van der Waals surface area contributed by atoms with Crippen LogP contribution < -0.4 is 15.8 Å². The van der Waals surface area contributed by atoms with Crippen LogP contribution in [0.5, 0.6) is 5.75 Å². The van der Waals surface area contributed by atoms with E-state index in [9.17, 15) is 9.59 Å². The summed E-state index contributed by atoms with van der Waals surface area (Å²) >= 11 is 0. The molecule has 2 aliphatic rings. The van der Waals surface area contributed by atoms with Gasteiger partial charge in [0.25, 0.3) is 5.91 Å². The van der Waals surface area contributed by atoms with Gasteiger partial charge in [0.05, 0.1) is 0 Å². The summed E-state index contributed by atoms with van der Waals surface area (Å²) in [5, 5.41) is 3.58. The molecule has 1 aromatic carbocycles. The van der Waals surface area contributed by atoms with E-state index in [0.717, 1.165) is 12.8 Å². The maximum absolute atomic E-state index is 12.3. The molecule has 24 heavy (non-hydrogen) atoms. The van der Waals surface area contributed by atoms with Gasteiger partial charge in [-0.1, -0.05) is 0 Å². The summed E-state index contributed by atoms with van der Waals surface area (Å²) in [6, 6.07) is 7.89. The highest BCUT2D eigenvalue weighted by atomic mass is 35.5. The molecule has 0 spiro atoms. The number of rotatable bonds is 5. The fourth-order valence-corrected chi connectivity index (χ4v) is 3.51. The number of hydrogen-bond donors (Lipinski definition) is 2. The van der Waals surface area contributed by atoms with Crippen LogP contribution in [-0.2, 0) is 4.79 Å². The highest BCUT2D eigenvalue weighted by Gasteiger charge is 2.36. The van der Waals surface area contributed by atoms with Crippen molar-refractivity contribution in [2.24, 2.45) is 5.73 Å². The van der Waals surface area contributed by atoms with Crippen LogP contribution in [0.1, 0.15) is 36.0 Å². The van der Waals surface area contributed by atoms with E-state index < -0.39 is 5.91 Å². The highest BCUT2D eigenvalue weighted by molar-refractivity contribution is 5.92. The average molecular weight is 354 g/mol. The molecule has 2 fully saturated rings. The summed E-state index contributed by atoms with van der Waals surface area (Å²) in [5.74, 6) is 0.0605. The summed E-state index contributed by atoms with van der Waals surface area (Å²) < 4.78 is 5.52. The van der Waals surface area contributed by atoms with Crippen molar-refractivity contribution < 1.29 is 14.3 Å². The van der Waals surface area contributed by atoms with Crippen LogP contribution in [0.3, 0.4) is 0 Å². The summed E-state index contributed by atoms with van der Waals surface area (Å²) in [6.07, 6.45) is 4.47. The van der Waals surface area contributed by atoms with Crippen LogP contribution in [-0.4, -0.2) is 48.5 Å². The summed E-state index contributed by atoms with van der Waals surface area (Å²) in [7, 11) is 1.86. The molecule has 2 amide bonds. The highest BCUT2D eigenvalue weighted by Crippen LogP contribution is 2.29. The second-order valence-electron chi connectivity index (χ2n) is 6.45. The molecular weight excluding hydrogens is 330 g/mol. The number of nitrogens with zero attached hydrogens (tertiary/aromatic N) is 1. The first-order chi connectivity index (χ1) is 11.0. The van der Waals surface area contributed by atoms with Crippen molar-refractivity contribution >= 4 is 24.2 Å². The van der Waals surface area contributed by atoms with Crippen LogP contribution in [0.25, 0.3) is 0 Å². The van der Waals surface area contributed by atoms with Gasteiger partial charge in [-0.15, -0.1) is 12.4 Å². The van der Waals surface area contributed by atoms with Gasteiger partial charge in [0.2, 0.25) is 5.91 Å². The molecular formula is C17H24ClN3O3. The maximum Gasteiger partial charge on any atom is 0.260 e. The van der Waals surface area contributed by atoms with Crippen LogP contribution in [0.2, 0.25) is 0 Å². The standard InChI is InChI=1S/C17H23N3O3.ClH/c1-20(14-8-12-4-5-13(9-14)19-12)16(21)10-23-15-6-2-11(3-7-15)17(18)22;/h2-3,6-7,12-14,19H,4-5,8-10H2,1H3,(H2,18,22);1H. The van der Waals surface area contributed by atoms with E-state index in [1.165, 1.54) is 12.8 Å². The van der Waals surface area contributed by atoms with Gasteiger partial charge in [-0.3, -0.25) is 9.59 Å². The third-order valence-electron chi connectivity index (χ3n) is 4.89. The topological polar surface area (TPSA) is 84.7 Å². The number of likely N-dealkylation sites (N-methyl/N-ethyl adjacent to an activating group) is 1. The number of nitrogens with one attached hydrogen (secondary N) is 1. The van der Waals surface area contributed by atoms with Crippen molar-refractivity contribution in [1.82, 2.24) is 10.2 Å². The van der Waals surface area contributed by atoms with Crippen molar-refractivity contribution in [2.45, 2.75) is 43.8 Å². The van der Waals surface area contributed by atoms with Gasteiger partial charge in [0.15, 0.2) is 6.61 Å². The second kappa shape index (κ2) is 7.85. The van der Waals surface area contributed by atoms with Gasteiger partial charge < -0.3 is 20.7 Å². The molecule has 0 saturated carbocycles. The number of nitrogens with two attached hydrogens (primary N) is 1. The van der Waals surface area contributed by atoms with Crippen molar-refractivity contribution in [3.8, 4) is 5.75 Å². The number of carbonyl (C=O) groups is 2. The maximum atomic E-state index is 12.3. The van der Waals surface area contributed by atoms with Crippen LogP contribution in [0.15, 0.2) is 24.3 Å². The third kappa shape index (κ3) is 4.19. The molecule has 2 saturated heterocycles. The van der Waals surface area contributed by atoms with E-state index in [1.807, 2.05) is 11.9 Å². The molecule has 6 nitrogen and oxygen atoms in total. The normalized spacial score (nSPS) is 24.8. The van der Waals surface area contributed by atoms with Gasteiger partial charge >= 0.3 is 0 Å². The minimum atomic E-state index is -0.479. The molecule has 3 rings (SSSR count). The van der Waals surface area contributed by atoms with Gasteiger partial charge in [-0.2, -0.15) is 0 Å². The zero-order valence-electron chi connectivity index (χ0n) is 13.7. The van der Waals surface area contributed by atoms with Gasteiger partial charge in [0.1, 0.15) is 5.75 Å². The van der Waals surface area contributed by atoms with Crippen molar-refractivity contribution in [3.05, 3.63) is 29.8 Å². The Labute approximate surface area is 148 Å². The predicted molar refractivity (Wildman–Crippen MR) is 93.4 cm³/mol. The van der Waals surface area contributed by atoms with E-state index in [1.54, 1.807) is 24.3 Å². The Hall–Kier alpha value is -1.79. The van der Waals surface area contributed by atoms with E-state index in [-0.39, 0.29) is 24.9 Å². The molecule has 132 valence electrons. The minimum Gasteiger partial charge on any atom is -0.484 e. The molecule has 2 aliphatic heterocycles. The molecule has 2 bridgehead atoms. The SMILES string of the molecule is CN(C(=O)COc1ccc(C(N)=O)cc1)C1CC2CCC(C1)N2.Cl. The number of halogens is 1. The predicted octanol–water partition coefficient (Wildman–Crippen LogP) is 1.33. The number of benzene rings is 1. The lowest BCUT2D eigenvalue weighted by Gasteiger charge is -2.35. The zero-order valence-corrected chi connectivity index (χ0v) is 14.6. The number of fused-ring (bicyclic) bond motifs is 2. The molecule has 0 radical (unpaired) electrons. The quantitative estimate of drug-likeness (QED) is 0.836. The van der Waals surface area contributed by atoms with Crippen molar-refractivity contribution in [3.63, 3.8) is 0 Å². The smallest absolute Gasteiger partial charge is 0.260 e.